The van der Waals surface area contributed by atoms with Crippen LogP contribution < -0.4 is 15.0 Å². The van der Waals surface area contributed by atoms with Gasteiger partial charge in [-0.25, -0.2) is 13.2 Å². The molecule has 1 aliphatic heterocycles. The Morgan fingerprint density at radius 1 is 0.972 bits per heavy atom. The number of halogens is 3. The number of aromatic nitrogens is 2. The summed E-state index contributed by atoms with van der Waals surface area (Å²) in [5.41, 5.74) is 0.439. The molecular weight excluding hydrogens is 475 g/mol. The molecule has 4 aromatic rings. The number of carbonyl (C=O) groups excluding carboxylic acids is 1. The minimum Gasteiger partial charge on any atom is -0.493 e. The molecule has 2 aromatic heterocycles. The van der Waals surface area contributed by atoms with Crippen LogP contribution in [0.25, 0.3) is 27.4 Å². The number of carbonyl (C=O) groups is 1. The molecular formula is C26H24F3N3O4. The molecule has 0 aliphatic carbocycles. The normalized spacial score (nSPS) is 15.4. The third kappa shape index (κ3) is 3.86. The zero-order valence-electron chi connectivity index (χ0n) is 20.0. The van der Waals surface area contributed by atoms with Gasteiger partial charge in [0, 0.05) is 56.1 Å². The topological polar surface area (TPSA) is 65.7 Å². The highest BCUT2D eigenvalue weighted by molar-refractivity contribution is 6.07. The summed E-state index contributed by atoms with van der Waals surface area (Å²) < 4.78 is 55.8. The van der Waals surface area contributed by atoms with Crippen molar-refractivity contribution in [2.24, 2.45) is 7.05 Å². The van der Waals surface area contributed by atoms with E-state index >= 15 is 0 Å². The number of pyridine rings is 1. The molecule has 7 nitrogen and oxygen atoms in total. The predicted octanol–water partition coefficient (Wildman–Crippen LogP) is 4.51. The maximum atomic E-state index is 14.6. The van der Waals surface area contributed by atoms with Crippen molar-refractivity contribution in [3.8, 4) is 17.2 Å². The van der Waals surface area contributed by atoms with Gasteiger partial charge >= 0.3 is 0 Å². The van der Waals surface area contributed by atoms with Crippen LogP contribution in [0.4, 0.5) is 13.2 Å². The third-order valence-electron chi connectivity index (χ3n) is 6.74. The van der Waals surface area contributed by atoms with Gasteiger partial charge in [-0.05, 0) is 30.3 Å². The second-order valence-electron chi connectivity index (χ2n) is 8.90. The number of alkyl halides is 2. The van der Waals surface area contributed by atoms with Gasteiger partial charge in [-0.15, -0.1) is 0 Å². The predicted molar refractivity (Wildman–Crippen MR) is 129 cm³/mol. The molecule has 0 atom stereocenters. The van der Waals surface area contributed by atoms with Crippen LogP contribution in [-0.4, -0.2) is 53.2 Å². The minimum absolute atomic E-state index is 0.115. The highest BCUT2D eigenvalue weighted by atomic mass is 19.3. The van der Waals surface area contributed by atoms with Crippen molar-refractivity contribution in [3.63, 3.8) is 0 Å². The fourth-order valence-corrected chi connectivity index (χ4v) is 4.74. The van der Waals surface area contributed by atoms with E-state index in [1.807, 2.05) is 0 Å². The van der Waals surface area contributed by atoms with Crippen molar-refractivity contribution >= 4 is 27.6 Å². The summed E-state index contributed by atoms with van der Waals surface area (Å²) in [6.07, 6.45) is 2.21. The van der Waals surface area contributed by atoms with Crippen molar-refractivity contribution in [2.75, 3.05) is 27.3 Å². The van der Waals surface area contributed by atoms with Gasteiger partial charge in [-0.2, -0.15) is 0 Å². The lowest BCUT2D eigenvalue weighted by molar-refractivity contribution is -0.0494. The number of fused-ring (bicyclic) bond motifs is 2. The lowest BCUT2D eigenvalue weighted by Gasteiger charge is -2.32. The molecule has 2 aromatic carbocycles. The van der Waals surface area contributed by atoms with Gasteiger partial charge in [-0.3, -0.25) is 14.2 Å². The van der Waals surface area contributed by atoms with E-state index in [9.17, 15) is 22.8 Å². The van der Waals surface area contributed by atoms with Gasteiger partial charge in [0.05, 0.1) is 36.4 Å². The monoisotopic (exact) mass is 499 g/mol. The van der Waals surface area contributed by atoms with Crippen molar-refractivity contribution in [2.45, 2.75) is 18.8 Å². The number of methoxy groups -OCH3 is 2. The number of rotatable bonds is 4. The molecule has 1 fully saturated rings. The van der Waals surface area contributed by atoms with Crippen molar-refractivity contribution in [1.82, 2.24) is 14.0 Å². The van der Waals surface area contributed by atoms with Gasteiger partial charge in [0.1, 0.15) is 5.82 Å². The van der Waals surface area contributed by atoms with Crippen LogP contribution in [-0.2, 0) is 7.05 Å². The lowest BCUT2D eigenvalue weighted by Crippen LogP contribution is -2.43. The van der Waals surface area contributed by atoms with E-state index in [-0.39, 0.29) is 40.9 Å². The van der Waals surface area contributed by atoms with Crippen LogP contribution in [0.3, 0.4) is 0 Å². The van der Waals surface area contributed by atoms with Gasteiger partial charge in [0.15, 0.2) is 11.5 Å². The zero-order chi connectivity index (χ0) is 25.8. The standard InChI is InChI=1S/C26H24F3N3O4/c1-30-7-4-16-20(30)10-15(27)11-21(16)32-14-19(24(33)31-8-5-26(28,29)6-9-31)17-12-22(35-2)23(36-3)13-18(17)25(32)34/h4,7,10-14H,5-6,8-9H2,1-3H3. The fraction of sp³-hybridized carbons (Fsp3) is 0.308. The number of likely N-dealkylation sites (tertiary alicyclic amines) is 1. The molecule has 0 unspecified atom stereocenters. The molecule has 1 saturated heterocycles. The van der Waals surface area contributed by atoms with Crippen LogP contribution in [0, 0.1) is 5.82 Å². The molecule has 1 aliphatic rings. The second-order valence-corrected chi connectivity index (χ2v) is 8.90. The van der Waals surface area contributed by atoms with Gasteiger partial charge in [0.2, 0.25) is 0 Å². The molecule has 0 radical (unpaired) electrons. The Kier molecular flexibility index (Phi) is 5.69. The summed E-state index contributed by atoms with van der Waals surface area (Å²) in [5, 5.41) is 1.04. The molecule has 0 saturated carbocycles. The summed E-state index contributed by atoms with van der Waals surface area (Å²) in [7, 11) is 4.61. The van der Waals surface area contributed by atoms with Crippen LogP contribution in [0.15, 0.2) is 47.5 Å². The average Bonchev–Trinajstić information content (AvgIpc) is 3.23. The van der Waals surface area contributed by atoms with E-state index in [1.54, 1.807) is 23.9 Å². The molecule has 36 heavy (non-hydrogen) atoms. The molecule has 10 heteroatoms. The van der Waals surface area contributed by atoms with Crippen molar-refractivity contribution in [3.05, 3.63) is 64.5 Å². The zero-order valence-corrected chi connectivity index (χ0v) is 20.0. The first-order chi connectivity index (χ1) is 17.1. The third-order valence-corrected chi connectivity index (χ3v) is 6.74. The van der Waals surface area contributed by atoms with Gasteiger partial charge in [-0.1, -0.05) is 0 Å². The quantitative estimate of drug-likeness (QED) is 0.415. The molecule has 1 amide bonds. The van der Waals surface area contributed by atoms with E-state index in [0.717, 1.165) is 0 Å². The Hall–Kier alpha value is -3.95. The summed E-state index contributed by atoms with van der Waals surface area (Å²) in [6, 6.07) is 7.33. The highest BCUT2D eigenvalue weighted by Gasteiger charge is 2.36. The molecule has 0 N–H and O–H groups in total. The first-order valence-electron chi connectivity index (χ1n) is 11.4. The van der Waals surface area contributed by atoms with E-state index in [2.05, 4.69) is 0 Å². The lowest BCUT2D eigenvalue weighted by atomic mass is 10.0. The smallest absolute Gasteiger partial charge is 0.263 e. The SMILES string of the molecule is COc1cc2c(C(=O)N3CCC(F)(F)CC3)cn(-c3cc(F)cc4c3ccn4C)c(=O)c2cc1OC. The maximum absolute atomic E-state index is 14.6. The number of hydrogen-bond donors (Lipinski definition) is 0. The average molecular weight is 499 g/mol. The Labute approximate surface area is 204 Å². The van der Waals surface area contributed by atoms with Crippen LogP contribution >= 0.6 is 0 Å². The summed E-state index contributed by atoms with van der Waals surface area (Å²) >= 11 is 0. The van der Waals surface area contributed by atoms with E-state index in [0.29, 0.717) is 16.7 Å². The van der Waals surface area contributed by atoms with Crippen molar-refractivity contribution < 1.29 is 27.4 Å². The first-order valence-corrected chi connectivity index (χ1v) is 11.4. The Morgan fingerprint density at radius 2 is 1.61 bits per heavy atom. The molecule has 0 bridgehead atoms. The van der Waals surface area contributed by atoms with Crippen molar-refractivity contribution in [1.29, 1.82) is 0 Å². The van der Waals surface area contributed by atoms with E-state index in [4.69, 9.17) is 9.47 Å². The Balaban J connectivity index is 1.79. The van der Waals surface area contributed by atoms with Crippen LogP contribution in [0.2, 0.25) is 0 Å². The molecule has 188 valence electrons. The molecule has 5 rings (SSSR count). The number of ether oxygens (including phenoxy) is 2. The van der Waals surface area contributed by atoms with Gasteiger partial charge < -0.3 is 18.9 Å². The fourth-order valence-electron chi connectivity index (χ4n) is 4.74. The van der Waals surface area contributed by atoms with Crippen LogP contribution in [0.5, 0.6) is 11.5 Å². The number of aryl methyl sites for hydroxylation is 1. The Morgan fingerprint density at radius 3 is 2.25 bits per heavy atom. The maximum Gasteiger partial charge on any atom is 0.263 e. The number of hydrogen-bond acceptors (Lipinski definition) is 4. The summed E-state index contributed by atoms with van der Waals surface area (Å²) in [6.45, 7) is -0.245. The largest absolute Gasteiger partial charge is 0.493 e. The summed E-state index contributed by atoms with van der Waals surface area (Å²) in [5.74, 6) is -3.30. The number of nitrogens with zero attached hydrogens (tertiary/aromatic N) is 3. The summed E-state index contributed by atoms with van der Waals surface area (Å²) in [4.78, 5) is 28.7. The van der Waals surface area contributed by atoms with Gasteiger partial charge in [0.25, 0.3) is 17.4 Å². The number of piperidine rings is 1. The Bertz CT molecular complexity index is 1560. The molecule has 3 heterocycles. The first kappa shape index (κ1) is 23.8. The number of amides is 1. The van der Waals surface area contributed by atoms with E-state index < -0.39 is 36.0 Å². The highest BCUT2D eigenvalue weighted by Crippen LogP contribution is 2.35. The van der Waals surface area contributed by atoms with E-state index in [1.165, 1.54) is 54.1 Å². The molecule has 0 spiro atoms. The second kappa shape index (κ2) is 8.61. The van der Waals surface area contributed by atoms with Crippen LogP contribution in [0.1, 0.15) is 23.2 Å². The number of benzene rings is 2. The minimum atomic E-state index is -2.82.